The summed E-state index contributed by atoms with van der Waals surface area (Å²) in [4.78, 5) is 10.6. The Kier molecular flexibility index (Phi) is 5.41. The summed E-state index contributed by atoms with van der Waals surface area (Å²) in [5.41, 5.74) is -0.442. The van der Waals surface area contributed by atoms with Gasteiger partial charge in [-0.15, -0.1) is 0 Å². The number of rotatable bonds is 6. The average molecular weight is 320 g/mol. The standard InChI is InChI=1S/C14H24O8/c1-4-13(17-3)19-7-12(8-20-13)9-21-14(5-2,22-10-12)18-6-11(15)16/h4-10H2,1-3H3,(H,15,16). The van der Waals surface area contributed by atoms with Gasteiger partial charge in [-0.3, -0.25) is 0 Å². The van der Waals surface area contributed by atoms with Crippen molar-refractivity contribution in [2.45, 2.75) is 38.6 Å². The summed E-state index contributed by atoms with van der Waals surface area (Å²) in [6, 6.07) is 0. The largest absolute Gasteiger partial charge is 0.480 e. The molecule has 0 aromatic carbocycles. The second-order valence-corrected chi connectivity index (χ2v) is 5.61. The lowest BCUT2D eigenvalue weighted by molar-refractivity contribution is -0.461. The summed E-state index contributed by atoms with van der Waals surface area (Å²) in [5, 5.41) is 8.72. The summed E-state index contributed by atoms with van der Waals surface area (Å²) in [7, 11) is 1.54. The first-order chi connectivity index (χ1) is 10.4. The van der Waals surface area contributed by atoms with E-state index >= 15 is 0 Å². The number of carbonyl (C=O) groups is 1. The number of hydrogen-bond acceptors (Lipinski definition) is 7. The SMILES string of the molecule is CCC1(OC)OCC2(CO1)COC(CC)(OCC(=O)O)OC2. The molecule has 0 aromatic rings. The molecule has 2 aliphatic rings. The molecule has 0 aliphatic carbocycles. The Morgan fingerprint density at radius 1 is 1.00 bits per heavy atom. The summed E-state index contributed by atoms with van der Waals surface area (Å²) < 4.78 is 33.3. The highest BCUT2D eigenvalue weighted by Crippen LogP contribution is 2.39. The van der Waals surface area contributed by atoms with Gasteiger partial charge in [0.2, 0.25) is 0 Å². The Balaban J connectivity index is 1.92. The van der Waals surface area contributed by atoms with Crippen LogP contribution in [0.5, 0.6) is 0 Å². The van der Waals surface area contributed by atoms with Gasteiger partial charge in [-0.2, -0.15) is 0 Å². The quantitative estimate of drug-likeness (QED) is 0.773. The molecule has 0 atom stereocenters. The van der Waals surface area contributed by atoms with Crippen LogP contribution in [0.25, 0.3) is 0 Å². The summed E-state index contributed by atoms with van der Waals surface area (Å²) in [6.45, 7) is 4.57. The maximum Gasteiger partial charge on any atom is 0.329 e. The van der Waals surface area contributed by atoms with Gasteiger partial charge in [-0.05, 0) is 0 Å². The molecule has 2 aliphatic heterocycles. The molecule has 2 rings (SSSR count). The van der Waals surface area contributed by atoms with Crippen LogP contribution >= 0.6 is 0 Å². The van der Waals surface area contributed by atoms with Crippen molar-refractivity contribution < 1.29 is 38.3 Å². The molecule has 128 valence electrons. The van der Waals surface area contributed by atoms with E-state index in [1.165, 1.54) is 7.11 Å². The van der Waals surface area contributed by atoms with Crippen molar-refractivity contribution in [3.8, 4) is 0 Å². The summed E-state index contributed by atoms with van der Waals surface area (Å²) in [5.74, 6) is -3.40. The predicted molar refractivity (Wildman–Crippen MR) is 72.9 cm³/mol. The number of carboxylic acids is 1. The van der Waals surface area contributed by atoms with E-state index in [9.17, 15) is 4.79 Å². The third kappa shape index (κ3) is 3.58. The van der Waals surface area contributed by atoms with E-state index in [2.05, 4.69) is 0 Å². The highest BCUT2D eigenvalue weighted by atomic mass is 16.9. The number of methoxy groups -OCH3 is 1. The molecule has 2 fully saturated rings. The van der Waals surface area contributed by atoms with Gasteiger partial charge in [0, 0.05) is 20.0 Å². The molecule has 2 saturated heterocycles. The maximum atomic E-state index is 10.6. The first kappa shape index (κ1) is 17.6. The molecule has 8 nitrogen and oxygen atoms in total. The molecule has 2 heterocycles. The van der Waals surface area contributed by atoms with E-state index in [-0.39, 0.29) is 0 Å². The number of aliphatic carboxylic acids is 1. The Morgan fingerprint density at radius 3 is 1.82 bits per heavy atom. The van der Waals surface area contributed by atoms with E-state index in [1.54, 1.807) is 6.92 Å². The van der Waals surface area contributed by atoms with E-state index in [0.717, 1.165) is 0 Å². The van der Waals surface area contributed by atoms with E-state index in [0.29, 0.717) is 39.3 Å². The summed E-state index contributed by atoms with van der Waals surface area (Å²) >= 11 is 0. The highest BCUT2D eigenvalue weighted by molar-refractivity contribution is 5.68. The molecule has 1 N–H and O–H groups in total. The van der Waals surface area contributed by atoms with Crippen LogP contribution < -0.4 is 0 Å². The van der Waals surface area contributed by atoms with Gasteiger partial charge in [0.25, 0.3) is 11.9 Å². The van der Waals surface area contributed by atoms with Crippen molar-refractivity contribution in [1.29, 1.82) is 0 Å². The van der Waals surface area contributed by atoms with Gasteiger partial charge in [-0.1, -0.05) is 13.8 Å². The fourth-order valence-electron chi connectivity index (χ4n) is 2.41. The van der Waals surface area contributed by atoms with Gasteiger partial charge in [0.15, 0.2) is 0 Å². The van der Waals surface area contributed by atoms with Crippen molar-refractivity contribution in [2.24, 2.45) is 5.41 Å². The second-order valence-electron chi connectivity index (χ2n) is 5.61. The van der Waals surface area contributed by atoms with Crippen molar-refractivity contribution in [3.63, 3.8) is 0 Å². The van der Waals surface area contributed by atoms with Crippen molar-refractivity contribution in [1.82, 2.24) is 0 Å². The fourth-order valence-corrected chi connectivity index (χ4v) is 2.41. The molecule has 0 unspecified atom stereocenters. The highest BCUT2D eigenvalue weighted by Gasteiger charge is 2.51. The average Bonchev–Trinajstić information content (AvgIpc) is 2.56. The molecule has 0 saturated carbocycles. The maximum absolute atomic E-state index is 10.6. The second kappa shape index (κ2) is 6.77. The van der Waals surface area contributed by atoms with E-state index < -0.39 is 29.9 Å². The minimum atomic E-state index is -1.32. The van der Waals surface area contributed by atoms with Crippen LogP contribution in [0.3, 0.4) is 0 Å². The van der Waals surface area contributed by atoms with Crippen molar-refractivity contribution in [3.05, 3.63) is 0 Å². The van der Waals surface area contributed by atoms with Crippen molar-refractivity contribution in [2.75, 3.05) is 40.1 Å². The number of ether oxygens (including phenoxy) is 6. The van der Waals surface area contributed by atoms with Gasteiger partial charge in [0.1, 0.15) is 6.61 Å². The number of carboxylic acid groups (broad SMARTS) is 1. The molecule has 22 heavy (non-hydrogen) atoms. The predicted octanol–water partition coefficient (Wildman–Crippen LogP) is 0.942. The third-order valence-corrected chi connectivity index (χ3v) is 3.99. The van der Waals surface area contributed by atoms with Crippen LogP contribution in [0.4, 0.5) is 0 Å². The Bertz CT molecular complexity index is 372. The van der Waals surface area contributed by atoms with Gasteiger partial charge in [-0.25, -0.2) is 4.79 Å². The van der Waals surface area contributed by atoms with Gasteiger partial charge >= 0.3 is 5.97 Å². The molecular formula is C14H24O8. The van der Waals surface area contributed by atoms with Gasteiger partial charge < -0.3 is 33.5 Å². The third-order valence-electron chi connectivity index (χ3n) is 3.99. The zero-order valence-corrected chi connectivity index (χ0v) is 13.3. The fraction of sp³-hybridized carbons (Fsp3) is 0.929. The molecule has 0 aromatic heterocycles. The molecule has 8 heteroatoms. The zero-order valence-electron chi connectivity index (χ0n) is 13.3. The van der Waals surface area contributed by atoms with Crippen LogP contribution in [0.1, 0.15) is 26.7 Å². The molecule has 0 bridgehead atoms. The van der Waals surface area contributed by atoms with E-state index in [4.69, 9.17) is 33.5 Å². The first-order valence-corrected chi connectivity index (χ1v) is 7.39. The summed E-state index contributed by atoms with van der Waals surface area (Å²) in [6.07, 6.45) is 0.955. The van der Waals surface area contributed by atoms with Crippen LogP contribution in [-0.4, -0.2) is 63.2 Å². The smallest absolute Gasteiger partial charge is 0.329 e. The lowest BCUT2D eigenvalue weighted by Gasteiger charge is -2.49. The van der Waals surface area contributed by atoms with Crippen LogP contribution in [0, 0.1) is 5.41 Å². The molecular weight excluding hydrogens is 296 g/mol. The molecule has 1 spiro atoms. The van der Waals surface area contributed by atoms with Crippen LogP contribution in [0.2, 0.25) is 0 Å². The zero-order chi connectivity index (χ0) is 16.3. The lowest BCUT2D eigenvalue weighted by atomic mass is 9.90. The Labute approximate surface area is 129 Å². The van der Waals surface area contributed by atoms with Crippen molar-refractivity contribution >= 4 is 5.97 Å². The van der Waals surface area contributed by atoms with Gasteiger partial charge in [0.05, 0.1) is 31.8 Å². The Morgan fingerprint density at radius 2 is 1.45 bits per heavy atom. The monoisotopic (exact) mass is 320 g/mol. The van der Waals surface area contributed by atoms with Crippen LogP contribution in [0.15, 0.2) is 0 Å². The molecule has 0 amide bonds. The van der Waals surface area contributed by atoms with Crippen LogP contribution in [-0.2, 0) is 33.2 Å². The lowest BCUT2D eigenvalue weighted by Crippen LogP contribution is -2.59. The molecule has 0 radical (unpaired) electrons. The minimum absolute atomic E-state index is 0.296. The van der Waals surface area contributed by atoms with E-state index in [1.807, 2.05) is 6.92 Å². The Hall–Kier alpha value is -0.770. The normalized spacial score (nSPS) is 39.0. The number of hydrogen-bond donors (Lipinski definition) is 1. The minimum Gasteiger partial charge on any atom is -0.480 e. The first-order valence-electron chi connectivity index (χ1n) is 7.39. The topological polar surface area (TPSA) is 92.7 Å².